The van der Waals surface area contributed by atoms with Crippen molar-refractivity contribution in [2.24, 2.45) is 5.92 Å². The molecule has 0 fully saturated rings. The van der Waals surface area contributed by atoms with Crippen LogP contribution in [0.3, 0.4) is 0 Å². The van der Waals surface area contributed by atoms with E-state index in [4.69, 9.17) is 0 Å². The van der Waals surface area contributed by atoms with Crippen LogP contribution in [-0.2, 0) is 10.2 Å². The number of Topliss-reactive ketones (excluding diaryl/α,β-unsaturated/α-hetero) is 1. The lowest BCUT2D eigenvalue weighted by molar-refractivity contribution is -0.121. The minimum absolute atomic E-state index is 0.0256. The predicted octanol–water partition coefficient (Wildman–Crippen LogP) is 2.69. The number of nitriles is 1. The maximum atomic E-state index is 11.7. The van der Waals surface area contributed by atoms with Crippen molar-refractivity contribution in [2.45, 2.75) is 26.2 Å². The third-order valence-electron chi connectivity index (χ3n) is 2.83. The van der Waals surface area contributed by atoms with E-state index in [9.17, 15) is 10.1 Å². The zero-order chi connectivity index (χ0) is 11.5. The lowest BCUT2D eigenvalue weighted by Crippen LogP contribution is -2.38. The molecule has 0 bridgehead atoms. The molecule has 15 heavy (non-hydrogen) atoms. The van der Waals surface area contributed by atoms with E-state index in [0.717, 1.165) is 5.56 Å². The second-order valence-corrected chi connectivity index (χ2v) is 4.00. The van der Waals surface area contributed by atoms with Crippen LogP contribution in [0.25, 0.3) is 0 Å². The second kappa shape index (κ2) is 4.27. The summed E-state index contributed by atoms with van der Waals surface area (Å²) in [5, 5.41) is 9.30. The van der Waals surface area contributed by atoms with Crippen LogP contribution in [0, 0.1) is 17.2 Å². The SMILES string of the molecule is CC(=O)C(C#N)(c1ccccc1)C(C)C. The number of hydrogen-bond acceptors (Lipinski definition) is 2. The third kappa shape index (κ3) is 1.78. The van der Waals surface area contributed by atoms with Gasteiger partial charge in [0.1, 0.15) is 5.41 Å². The Morgan fingerprint density at radius 2 is 1.87 bits per heavy atom. The first-order valence-corrected chi connectivity index (χ1v) is 5.03. The van der Waals surface area contributed by atoms with Gasteiger partial charge in [-0.3, -0.25) is 4.79 Å². The molecule has 0 aromatic heterocycles. The van der Waals surface area contributed by atoms with Gasteiger partial charge in [-0.1, -0.05) is 44.2 Å². The Kier molecular flexibility index (Phi) is 3.26. The zero-order valence-corrected chi connectivity index (χ0v) is 9.32. The first-order valence-electron chi connectivity index (χ1n) is 5.03. The van der Waals surface area contributed by atoms with Gasteiger partial charge in [0.05, 0.1) is 6.07 Å². The molecule has 0 aliphatic carbocycles. The van der Waals surface area contributed by atoms with Crippen LogP contribution in [0.15, 0.2) is 30.3 Å². The molecule has 1 aromatic carbocycles. The van der Waals surface area contributed by atoms with Gasteiger partial charge < -0.3 is 0 Å². The van der Waals surface area contributed by atoms with Gasteiger partial charge in [0.25, 0.3) is 0 Å². The van der Waals surface area contributed by atoms with E-state index in [1.54, 1.807) is 0 Å². The normalized spacial score (nSPS) is 14.3. The van der Waals surface area contributed by atoms with Gasteiger partial charge >= 0.3 is 0 Å². The smallest absolute Gasteiger partial charge is 0.154 e. The fourth-order valence-electron chi connectivity index (χ4n) is 1.92. The molecule has 1 unspecified atom stereocenters. The summed E-state index contributed by atoms with van der Waals surface area (Å²) in [6.07, 6.45) is 0. The Morgan fingerprint density at radius 3 is 2.20 bits per heavy atom. The van der Waals surface area contributed by atoms with Gasteiger partial charge in [0, 0.05) is 0 Å². The molecule has 2 heteroatoms. The third-order valence-corrected chi connectivity index (χ3v) is 2.83. The second-order valence-electron chi connectivity index (χ2n) is 4.00. The first kappa shape index (κ1) is 11.5. The Labute approximate surface area is 90.5 Å². The van der Waals surface area contributed by atoms with Crippen LogP contribution < -0.4 is 0 Å². The van der Waals surface area contributed by atoms with Gasteiger partial charge in [-0.15, -0.1) is 0 Å². The van der Waals surface area contributed by atoms with Crippen LogP contribution >= 0.6 is 0 Å². The molecule has 2 nitrogen and oxygen atoms in total. The quantitative estimate of drug-likeness (QED) is 0.754. The van der Waals surface area contributed by atoms with Crippen molar-refractivity contribution in [3.8, 4) is 6.07 Å². The van der Waals surface area contributed by atoms with Crippen molar-refractivity contribution >= 4 is 5.78 Å². The molecule has 0 radical (unpaired) electrons. The monoisotopic (exact) mass is 201 g/mol. The molecule has 1 atom stereocenters. The van der Waals surface area contributed by atoms with Gasteiger partial charge in [0.15, 0.2) is 5.78 Å². The van der Waals surface area contributed by atoms with Crippen molar-refractivity contribution in [2.75, 3.05) is 0 Å². The molecule has 0 saturated heterocycles. The fraction of sp³-hybridized carbons (Fsp3) is 0.385. The van der Waals surface area contributed by atoms with Gasteiger partial charge in [-0.05, 0) is 18.4 Å². The molecule has 0 aliphatic rings. The number of rotatable bonds is 3. The van der Waals surface area contributed by atoms with E-state index in [0.29, 0.717) is 0 Å². The van der Waals surface area contributed by atoms with E-state index >= 15 is 0 Å². The summed E-state index contributed by atoms with van der Waals surface area (Å²) in [4.78, 5) is 11.7. The molecule has 0 heterocycles. The topological polar surface area (TPSA) is 40.9 Å². The van der Waals surface area contributed by atoms with Crippen LogP contribution in [0.4, 0.5) is 0 Å². The summed E-state index contributed by atoms with van der Waals surface area (Å²) in [7, 11) is 0. The highest BCUT2D eigenvalue weighted by atomic mass is 16.1. The van der Waals surface area contributed by atoms with Gasteiger partial charge in [-0.2, -0.15) is 5.26 Å². The highest BCUT2D eigenvalue weighted by molar-refractivity contribution is 5.91. The molecule has 0 aliphatic heterocycles. The largest absolute Gasteiger partial charge is 0.298 e. The highest BCUT2D eigenvalue weighted by Crippen LogP contribution is 2.32. The molecule has 0 saturated carbocycles. The standard InChI is InChI=1S/C13H15NO/c1-10(2)13(9-14,11(3)15)12-7-5-4-6-8-12/h4-8,10H,1-3H3. The Morgan fingerprint density at radius 1 is 1.33 bits per heavy atom. The van der Waals surface area contributed by atoms with Crippen LogP contribution in [-0.4, -0.2) is 5.78 Å². The summed E-state index contributed by atoms with van der Waals surface area (Å²) in [6.45, 7) is 5.28. The van der Waals surface area contributed by atoms with E-state index in [2.05, 4.69) is 6.07 Å². The average Bonchev–Trinajstić information content (AvgIpc) is 2.20. The molecular formula is C13H15NO. The summed E-state index contributed by atoms with van der Waals surface area (Å²) in [6, 6.07) is 11.4. The van der Waals surface area contributed by atoms with Gasteiger partial charge in [-0.25, -0.2) is 0 Å². The lowest BCUT2D eigenvalue weighted by Gasteiger charge is -2.28. The van der Waals surface area contributed by atoms with E-state index in [1.165, 1.54) is 6.92 Å². The van der Waals surface area contributed by atoms with Gasteiger partial charge in [0.2, 0.25) is 0 Å². The molecular weight excluding hydrogens is 186 g/mol. The van der Waals surface area contributed by atoms with Crippen LogP contribution in [0.1, 0.15) is 26.3 Å². The number of carbonyl (C=O) groups excluding carboxylic acids is 1. The molecule has 0 N–H and O–H groups in total. The minimum atomic E-state index is -0.999. The fourth-order valence-corrected chi connectivity index (χ4v) is 1.92. The number of ketones is 1. The van der Waals surface area contributed by atoms with Crippen LogP contribution in [0.2, 0.25) is 0 Å². The number of benzene rings is 1. The number of nitrogens with zero attached hydrogens (tertiary/aromatic N) is 1. The van der Waals surface area contributed by atoms with Crippen LogP contribution in [0.5, 0.6) is 0 Å². The molecule has 1 rings (SSSR count). The first-order chi connectivity index (χ1) is 7.05. The van der Waals surface area contributed by atoms with Crippen molar-refractivity contribution in [3.63, 3.8) is 0 Å². The Balaban J connectivity index is 3.37. The van der Waals surface area contributed by atoms with Crippen molar-refractivity contribution in [1.29, 1.82) is 5.26 Å². The molecule has 78 valence electrons. The number of hydrogen-bond donors (Lipinski definition) is 0. The average molecular weight is 201 g/mol. The summed E-state index contributed by atoms with van der Waals surface area (Å²) < 4.78 is 0. The summed E-state index contributed by atoms with van der Waals surface area (Å²) in [5.74, 6) is -0.117. The summed E-state index contributed by atoms with van der Waals surface area (Å²) >= 11 is 0. The van der Waals surface area contributed by atoms with Crippen molar-refractivity contribution in [3.05, 3.63) is 35.9 Å². The molecule has 1 aromatic rings. The van der Waals surface area contributed by atoms with E-state index < -0.39 is 5.41 Å². The number of carbonyl (C=O) groups is 1. The van der Waals surface area contributed by atoms with E-state index in [-0.39, 0.29) is 11.7 Å². The molecule has 0 spiro atoms. The zero-order valence-electron chi connectivity index (χ0n) is 9.32. The maximum absolute atomic E-state index is 11.7. The molecule has 0 amide bonds. The predicted molar refractivity (Wildman–Crippen MR) is 59.3 cm³/mol. The van der Waals surface area contributed by atoms with Crippen molar-refractivity contribution in [1.82, 2.24) is 0 Å². The lowest BCUT2D eigenvalue weighted by atomic mass is 9.70. The van der Waals surface area contributed by atoms with E-state index in [1.807, 2.05) is 44.2 Å². The summed E-state index contributed by atoms with van der Waals surface area (Å²) in [5.41, 5.74) is -0.212. The van der Waals surface area contributed by atoms with Crippen molar-refractivity contribution < 1.29 is 4.79 Å². The Bertz CT molecular complexity index is 389. The highest BCUT2D eigenvalue weighted by Gasteiger charge is 2.40. The maximum Gasteiger partial charge on any atom is 0.154 e. The Hall–Kier alpha value is -1.62. The minimum Gasteiger partial charge on any atom is -0.298 e.